The van der Waals surface area contributed by atoms with Gasteiger partial charge in [-0.05, 0) is 40.5 Å². The van der Waals surface area contributed by atoms with Crippen molar-refractivity contribution < 1.29 is 9.53 Å². The van der Waals surface area contributed by atoms with Gasteiger partial charge < -0.3 is 4.74 Å². The number of aryl methyl sites for hydroxylation is 1. The molecule has 0 fully saturated rings. The Morgan fingerprint density at radius 2 is 2.44 bits per heavy atom. The van der Waals surface area contributed by atoms with Crippen LogP contribution >= 0.6 is 0 Å². The summed E-state index contributed by atoms with van der Waals surface area (Å²) in [5.41, 5.74) is 2.05. The van der Waals surface area contributed by atoms with Crippen LogP contribution in [0, 0.1) is 0 Å². The zero-order valence-electron chi connectivity index (χ0n) is 9.78. The summed E-state index contributed by atoms with van der Waals surface area (Å²) in [6.07, 6.45) is 4.80. The highest BCUT2D eigenvalue weighted by molar-refractivity contribution is 5.79. The zero-order valence-corrected chi connectivity index (χ0v) is 9.78. The summed E-state index contributed by atoms with van der Waals surface area (Å²) in [6.45, 7) is 0. The van der Waals surface area contributed by atoms with E-state index in [4.69, 9.17) is 4.74 Å². The summed E-state index contributed by atoms with van der Waals surface area (Å²) in [4.78, 5) is 15.9. The molecule has 2 aromatic rings. The van der Waals surface area contributed by atoms with Gasteiger partial charge in [0.15, 0.2) is 5.82 Å². The number of carbonyl (C=O) groups excluding carboxylic acids is 1. The SMILES string of the molecule is COC(=O)C1CCc2cc(-n3cnnn3)ncc21. The minimum Gasteiger partial charge on any atom is -0.469 e. The van der Waals surface area contributed by atoms with Crippen LogP contribution in [0.5, 0.6) is 0 Å². The number of tetrazole rings is 1. The van der Waals surface area contributed by atoms with E-state index in [2.05, 4.69) is 20.5 Å². The third kappa shape index (κ3) is 1.64. The molecule has 18 heavy (non-hydrogen) atoms. The first-order chi connectivity index (χ1) is 8.79. The average Bonchev–Trinajstić information content (AvgIpc) is 3.06. The Balaban J connectivity index is 1.97. The van der Waals surface area contributed by atoms with Gasteiger partial charge in [0.25, 0.3) is 0 Å². The van der Waals surface area contributed by atoms with E-state index in [0.29, 0.717) is 5.82 Å². The molecule has 0 saturated heterocycles. The smallest absolute Gasteiger partial charge is 0.313 e. The third-order valence-electron chi connectivity index (χ3n) is 3.16. The van der Waals surface area contributed by atoms with E-state index >= 15 is 0 Å². The summed E-state index contributed by atoms with van der Waals surface area (Å²) in [5.74, 6) is 0.260. The number of aromatic nitrogens is 5. The molecule has 0 amide bonds. The highest BCUT2D eigenvalue weighted by Crippen LogP contribution is 2.33. The number of methoxy groups -OCH3 is 1. The van der Waals surface area contributed by atoms with Gasteiger partial charge in [-0.2, -0.15) is 4.68 Å². The normalized spacial score (nSPS) is 17.5. The molecule has 2 heterocycles. The lowest BCUT2D eigenvalue weighted by molar-refractivity contribution is -0.142. The van der Waals surface area contributed by atoms with Crippen molar-refractivity contribution in [3.63, 3.8) is 0 Å². The van der Waals surface area contributed by atoms with Crippen molar-refractivity contribution in [2.24, 2.45) is 0 Å². The van der Waals surface area contributed by atoms with Crippen LogP contribution in [0.2, 0.25) is 0 Å². The number of ether oxygens (including phenoxy) is 1. The molecule has 1 aliphatic rings. The Labute approximate surface area is 103 Å². The van der Waals surface area contributed by atoms with Gasteiger partial charge >= 0.3 is 5.97 Å². The lowest BCUT2D eigenvalue weighted by atomic mass is 10.0. The number of pyridine rings is 1. The van der Waals surface area contributed by atoms with Gasteiger partial charge in [0, 0.05) is 6.20 Å². The van der Waals surface area contributed by atoms with Crippen LogP contribution in [0.25, 0.3) is 5.82 Å². The van der Waals surface area contributed by atoms with E-state index in [-0.39, 0.29) is 11.9 Å². The maximum absolute atomic E-state index is 11.6. The van der Waals surface area contributed by atoms with Crippen LogP contribution in [0.1, 0.15) is 23.5 Å². The maximum atomic E-state index is 11.6. The molecular formula is C11H11N5O2. The maximum Gasteiger partial charge on any atom is 0.313 e. The Kier molecular flexibility index (Phi) is 2.51. The minimum atomic E-state index is -0.203. The number of hydrogen-bond donors (Lipinski definition) is 0. The van der Waals surface area contributed by atoms with Gasteiger partial charge in [-0.1, -0.05) is 0 Å². The van der Waals surface area contributed by atoms with Gasteiger partial charge in [0.05, 0.1) is 13.0 Å². The molecule has 0 N–H and O–H groups in total. The molecule has 0 saturated carbocycles. The number of esters is 1. The lowest BCUT2D eigenvalue weighted by Gasteiger charge is -2.08. The van der Waals surface area contributed by atoms with E-state index in [9.17, 15) is 4.79 Å². The third-order valence-corrected chi connectivity index (χ3v) is 3.16. The molecule has 0 aliphatic heterocycles. The van der Waals surface area contributed by atoms with Crippen LogP contribution in [-0.2, 0) is 16.0 Å². The summed E-state index contributed by atoms with van der Waals surface area (Å²) in [7, 11) is 1.41. The van der Waals surface area contributed by atoms with Crippen LogP contribution in [0.3, 0.4) is 0 Å². The van der Waals surface area contributed by atoms with Crippen molar-refractivity contribution in [2.75, 3.05) is 7.11 Å². The van der Waals surface area contributed by atoms with Gasteiger partial charge in [0.2, 0.25) is 0 Å². The molecule has 0 spiro atoms. The molecule has 0 aromatic carbocycles. The molecule has 1 atom stereocenters. The Morgan fingerprint density at radius 3 is 3.17 bits per heavy atom. The molecule has 0 bridgehead atoms. The lowest BCUT2D eigenvalue weighted by Crippen LogP contribution is -2.11. The molecule has 3 rings (SSSR count). The molecule has 1 aliphatic carbocycles. The Bertz CT molecular complexity index is 581. The van der Waals surface area contributed by atoms with E-state index in [0.717, 1.165) is 24.0 Å². The second kappa shape index (κ2) is 4.17. The van der Waals surface area contributed by atoms with Crippen LogP contribution in [0.4, 0.5) is 0 Å². The second-order valence-electron chi connectivity index (χ2n) is 4.11. The fraction of sp³-hybridized carbons (Fsp3) is 0.364. The van der Waals surface area contributed by atoms with Crippen molar-refractivity contribution in [2.45, 2.75) is 18.8 Å². The van der Waals surface area contributed by atoms with Gasteiger partial charge in [-0.15, -0.1) is 5.10 Å². The Hall–Kier alpha value is -2.31. The first kappa shape index (κ1) is 10.8. The minimum absolute atomic E-state index is 0.194. The first-order valence-corrected chi connectivity index (χ1v) is 5.59. The first-order valence-electron chi connectivity index (χ1n) is 5.59. The van der Waals surface area contributed by atoms with E-state index in [1.807, 2.05) is 6.07 Å². The quantitative estimate of drug-likeness (QED) is 0.706. The predicted octanol–water partition coefficient (Wildman–Crippen LogP) is 0.260. The van der Waals surface area contributed by atoms with Crippen molar-refractivity contribution in [1.29, 1.82) is 0 Å². The van der Waals surface area contributed by atoms with Crippen molar-refractivity contribution >= 4 is 5.97 Å². The molecule has 92 valence electrons. The van der Waals surface area contributed by atoms with Crippen LogP contribution in [-0.4, -0.2) is 38.3 Å². The Morgan fingerprint density at radius 1 is 1.56 bits per heavy atom. The van der Waals surface area contributed by atoms with Gasteiger partial charge in [-0.3, -0.25) is 4.79 Å². The summed E-state index contributed by atoms with van der Waals surface area (Å²) < 4.78 is 6.28. The molecule has 7 nitrogen and oxygen atoms in total. The summed E-state index contributed by atoms with van der Waals surface area (Å²) >= 11 is 0. The van der Waals surface area contributed by atoms with Crippen LogP contribution < -0.4 is 0 Å². The van der Waals surface area contributed by atoms with Gasteiger partial charge in [0.1, 0.15) is 6.33 Å². The molecular weight excluding hydrogens is 234 g/mol. The number of fused-ring (bicyclic) bond motifs is 1. The summed E-state index contributed by atoms with van der Waals surface area (Å²) in [6, 6.07) is 1.91. The summed E-state index contributed by atoms with van der Waals surface area (Å²) in [5, 5.41) is 10.9. The second-order valence-corrected chi connectivity index (χ2v) is 4.11. The van der Waals surface area contributed by atoms with Crippen molar-refractivity contribution in [3.8, 4) is 5.82 Å². The molecule has 7 heteroatoms. The monoisotopic (exact) mass is 245 g/mol. The fourth-order valence-electron chi connectivity index (χ4n) is 2.26. The highest BCUT2D eigenvalue weighted by Gasteiger charge is 2.30. The average molecular weight is 245 g/mol. The fourth-order valence-corrected chi connectivity index (χ4v) is 2.26. The van der Waals surface area contributed by atoms with E-state index in [1.54, 1.807) is 6.20 Å². The van der Waals surface area contributed by atoms with Crippen molar-refractivity contribution in [1.82, 2.24) is 25.2 Å². The number of nitrogens with zero attached hydrogens (tertiary/aromatic N) is 5. The van der Waals surface area contributed by atoms with E-state index < -0.39 is 0 Å². The van der Waals surface area contributed by atoms with E-state index in [1.165, 1.54) is 18.1 Å². The number of carbonyl (C=O) groups is 1. The topological polar surface area (TPSA) is 82.8 Å². The largest absolute Gasteiger partial charge is 0.469 e. The molecule has 1 unspecified atom stereocenters. The predicted molar refractivity (Wildman–Crippen MR) is 60.0 cm³/mol. The highest BCUT2D eigenvalue weighted by atomic mass is 16.5. The standard InChI is InChI=1S/C11H11N5O2/c1-18-11(17)8-3-2-7-4-10(12-5-9(7)8)16-6-13-14-15-16/h4-6,8H,2-3H2,1H3. The zero-order chi connectivity index (χ0) is 12.5. The number of hydrogen-bond acceptors (Lipinski definition) is 6. The van der Waals surface area contributed by atoms with Crippen molar-refractivity contribution in [3.05, 3.63) is 29.7 Å². The van der Waals surface area contributed by atoms with Crippen LogP contribution in [0.15, 0.2) is 18.6 Å². The molecule has 2 aromatic heterocycles. The number of rotatable bonds is 2. The van der Waals surface area contributed by atoms with Gasteiger partial charge in [-0.25, -0.2) is 4.98 Å². The molecule has 0 radical (unpaired) electrons.